The number of primary sulfonamides is 1. The summed E-state index contributed by atoms with van der Waals surface area (Å²) in [4.78, 5) is 4.38. The van der Waals surface area contributed by atoms with Gasteiger partial charge in [-0.3, -0.25) is 0 Å². The summed E-state index contributed by atoms with van der Waals surface area (Å²) in [6, 6.07) is 10.6. The molecule has 0 radical (unpaired) electrons. The maximum atomic E-state index is 12.0. The first-order valence-electron chi connectivity index (χ1n) is 8.69. The Morgan fingerprint density at radius 1 is 1.26 bits per heavy atom. The van der Waals surface area contributed by atoms with Crippen molar-refractivity contribution in [2.24, 2.45) is 5.14 Å². The summed E-state index contributed by atoms with van der Waals surface area (Å²) in [5.41, 5.74) is 3.22. The number of nitrogens with two attached hydrogens (primary N) is 1. The molecule has 1 atom stereocenters. The van der Waals surface area contributed by atoms with Gasteiger partial charge in [-0.2, -0.15) is 9.78 Å². The van der Waals surface area contributed by atoms with Crippen LogP contribution < -0.4 is 5.14 Å². The van der Waals surface area contributed by atoms with E-state index in [4.69, 9.17) is 5.14 Å². The van der Waals surface area contributed by atoms with E-state index in [2.05, 4.69) is 10.1 Å². The van der Waals surface area contributed by atoms with Crippen LogP contribution in [0.3, 0.4) is 0 Å². The molecule has 1 unspecified atom stereocenters. The van der Waals surface area contributed by atoms with E-state index in [-0.39, 0.29) is 16.7 Å². The summed E-state index contributed by atoms with van der Waals surface area (Å²) < 4.78 is 25.5. The summed E-state index contributed by atoms with van der Waals surface area (Å²) in [6.45, 7) is 1.92. The van der Waals surface area contributed by atoms with Gasteiger partial charge in [0, 0.05) is 11.8 Å². The minimum atomic E-state index is -3.82. The second kappa shape index (κ2) is 6.47. The van der Waals surface area contributed by atoms with Crippen molar-refractivity contribution in [3.05, 3.63) is 65.0 Å². The topological polar surface area (TPSA) is 111 Å². The van der Waals surface area contributed by atoms with Crippen molar-refractivity contribution in [1.29, 1.82) is 0 Å². The van der Waals surface area contributed by atoms with Crippen molar-refractivity contribution < 1.29 is 13.5 Å². The zero-order chi connectivity index (χ0) is 19.2. The predicted octanol–water partition coefficient (Wildman–Crippen LogP) is 2.20. The zero-order valence-electron chi connectivity index (χ0n) is 14.8. The molecule has 1 aliphatic carbocycles. The number of aromatic nitrogens is 3. The number of aryl methyl sites for hydroxylation is 2. The molecular weight excluding hydrogens is 364 g/mol. The van der Waals surface area contributed by atoms with Crippen LogP contribution >= 0.6 is 0 Å². The van der Waals surface area contributed by atoms with Crippen molar-refractivity contribution in [1.82, 2.24) is 14.8 Å². The summed E-state index contributed by atoms with van der Waals surface area (Å²) in [5.74, 6) is 0.540. The van der Waals surface area contributed by atoms with E-state index in [1.165, 1.54) is 4.68 Å². The Hall–Kier alpha value is -2.71. The zero-order valence-corrected chi connectivity index (χ0v) is 15.6. The van der Waals surface area contributed by atoms with E-state index in [0.29, 0.717) is 24.2 Å². The molecule has 7 nitrogen and oxygen atoms in total. The van der Waals surface area contributed by atoms with Crippen molar-refractivity contribution >= 4 is 10.0 Å². The molecule has 1 aliphatic rings. The van der Waals surface area contributed by atoms with Gasteiger partial charge in [-0.05, 0) is 55.9 Å². The summed E-state index contributed by atoms with van der Waals surface area (Å²) in [5, 5.41) is 20.6. The molecule has 4 rings (SSSR count). The first kappa shape index (κ1) is 17.7. The second-order valence-corrected chi connectivity index (χ2v) is 8.40. The number of fused-ring (bicyclic) bond motifs is 1. The summed E-state index contributed by atoms with van der Waals surface area (Å²) in [7, 11) is -3.82. The van der Waals surface area contributed by atoms with Gasteiger partial charge in [0.1, 0.15) is 0 Å². The average molecular weight is 384 g/mol. The highest BCUT2D eigenvalue weighted by molar-refractivity contribution is 7.89. The number of nitrogens with zero attached hydrogens (tertiary/aromatic N) is 3. The van der Waals surface area contributed by atoms with Crippen LogP contribution in [0.25, 0.3) is 5.82 Å². The molecule has 0 spiro atoms. The number of hydrogen-bond acceptors (Lipinski definition) is 5. The number of pyridine rings is 1. The Kier molecular flexibility index (Phi) is 4.24. The lowest BCUT2D eigenvalue weighted by molar-refractivity contribution is 0.423. The highest BCUT2D eigenvalue weighted by Crippen LogP contribution is 2.39. The van der Waals surface area contributed by atoms with E-state index in [1.807, 2.05) is 19.1 Å². The fraction of sp³-hybridized carbons (Fsp3) is 0.263. The Labute approximate surface area is 157 Å². The minimum absolute atomic E-state index is 0.0539. The van der Waals surface area contributed by atoms with E-state index >= 15 is 0 Å². The quantitative estimate of drug-likeness (QED) is 0.719. The predicted molar refractivity (Wildman–Crippen MR) is 100 cm³/mol. The molecule has 0 bridgehead atoms. The van der Waals surface area contributed by atoms with Gasteiger partial charge in [-0.15, -0.1) is 0 Å². The van der Waals surface area contributed by atoms with Crippen molar-refractivity contribution in [3.63, 3.8) is 0 Å². The maximum absolute atomic E-state index is 12.0. The normalized spacial score (nSPS) is 16.9. The Bertz CT molecular complexity index is 1110. The summed E-state index contributed by atoms with van der Waals surface area (Å²) >= 11 is 0. The molecule has 140 valence electrons. The van der Waals surface area contributed by atoms with Gasteiger partial charge >= 0.3 is 0 Å². The van der Waals surface area contributed by atoms with Crippen LogP contribution in [0.5, 0.6) is 5.88 Å². The third-order valence-corrected chi connectivity index (χ3v) is 5.98. The number of benzene rings is 1. The molecule has 3 aromatic rings. The third-order valence-electron chi connectivity index (χ3n) is 5.00. The molecule has 8 heteroatoms. The van der Waals surface area contributed by atoms with E-state index in [1.54, 1.807) is 30.5 Å². The van der Waals surface area contributed by atoms with Gasteiger partial charge in [-0.1, -0.05) is 23.8 Å². The van der Waals surface area contributed by atoms with Gasteiger partial charge < -0.3 is 5.11 Å². The van der Waals surface area contributed by atoms with Crippen LogP contribution in [-0.4, -0.2) is 28.3 Å². The smallest absolute Gasteiger partial charge is 0.238 e. The van der Waals surface area contributed by atoms with Crippen molar-refractivity contribution in [3.8, 4) is 11.7 Å². The van der Waals surface area contributed by atoms with Crippen LogP contribution in [0.15, 0.2) is 47.5 Å². The highest BCUT2D eigenvalue weighted by atomic mass is 32.2. The molecule has 27 heavy (non-hydrogen) atoms. The minimum Gasteiger partial charge on any atom is -0.493 e. The summed E-state index contributed by atoms with van der Waals surface area (Å²) in [6.07, 6.45) is 3.52. The number of aromatic hydroxyl groups is 1. The van der Waals surface area contributed by atoms with E-state index < -0.39 is 10.0 Å². The van der Waals surface area contributed by atoms with E-state index in [9.17, 15) is 13.5 Å². The Balaban J connectivity index is 1.75. The lowest BCUT2D eigenvalue weighted by atomic mass is 9.82. The monoisotopic (exact) mass is 384 g/mol. The molecule has 0 fully saturated rings. The van der Waals surface area contributed by atoms with Crippen LogP contribution in [-0.2, 0) is 22.9 Å². The SMILES string of the molecule is Cc1ccc(S(N)(=O)=O)c(C2CCc3nn(-c4ccccn4)c(O)c3C2)c1. The molecule has 0 saturated carbocycles. The molecule has 2 aromatic heterocycles. The van der Waals surface area contributed by atoms with Gasteiger partial charge in [0.05, 0.1) is 10.6 Å². The van der Waals surface area contributed by atoms with Crippen LogP contribution in [0.1, 0.15) is 34.7 Å². The molecule has 0 amide bonds. The van der Waals surface area contributed by atoms with Crippen molar-refractivity contribution in [2.75, 3.05) is 0 Å². The largest absolute Gasteiger partial charge is 0.493 e. The first-order valence-corrected chi connectivity index (χ1v) is 10.2. The number of hydrogen-bond donors (Lipinski definition) is 2. The number of sulfonamides is 1. The molecule has 0 aliphatic heterocycles. The highest BCUT2D eigenvalue weighted by Gasteiger charge is 2.30. The van der Waals surface area contributed by atoms with Crippen molar-refractivity contribution in [2.45, 2.75) is 37.0 Å². The molecule has 1 aromatic carbocycles. The number of rotatable bonds is 3. The van der Waals surface area contributed by atoms with Crippen LogP contribution in [0.2, 0.25) is 0 Å². The van der Waals surface area contributed by atoms with Crippen LogP contribution in [0, 0.1) is 6.92 Å². The second-order valence-electron chi connectivity index (χ2n) is 6.87. The van der Waals surface area contributed by atoms with Gasteiger partial charge in [-0.25, -0.2) is 18.5 Å². The standard InChI is InChI=1S/C19H20N4O3S/c1-12-5-8-17(27(20,25)26)14(10-12)13-6-7-16-15(11-13)19(24)23(22-16)18-4-2-3-9-21-18/h2-5,8-10,13,24H,6-7,11H2,1H3,(H2,20,25,26). The first-order chi connectivity index (χ1) is 12.8. The Morgan fingerprint density at radius 2 is 2.07 bits per heavy atom. The molecule has 2 heterocycles. The average Bonchev–Trinajstić information content (AvgIpc) is 2.97. The lowest BCUT2D eigenvalue weighted by Gasteiger charge is -2.24. The van der Waals surface area contributed by atoms with Gasteiger partial charge in [0.15, 0.2) is 5.82 Å². The fourth-order valence-corrected chi connectivity index (χ4v) is 4.52. The lowest BCUT2D eigenvalue weighted by Crippen LogP contribution is -2.19. The van der Waals surface area contributed by atoms with Crippen LogP contribution in [0.4, 0.5) is 0 Å². The third kappa shape index (κ3) is 3.22. The van der Waals surface area contributed by atoms with E-state index in [0.717, 1.165) is 23.2 Å². The molecule has 0 saturated heterocycles. The maximum Gasteiger partial charge on any atom is 0.238 e. The van der Waals surface area contributed by atoms with Gasteiger partial charge in [0.25, 0.3) is 0 Å². The molecular formula is C19H20N4O3S. The fourth-order valence-electron chi connectivity index (χ4n) is 3.70. The van der Waals surface area contributed by atoms with Gasteiger partial charge in [0.2, 0.25) is 15.9 Å². The molecule has 3 N–H and O–H groups in total. The Morgan fingerprint density at radius 3 is 2.78 bits per heavy atom.